The first-order valence-electron chi connectivity index (χ1n) is 17.9. The van der Waals surface area contributed by atoms with Gasteiger partial charge in [-0.05, 0) is 128 Å². The van der Waals surface area contributed by atoms with Gasteiger partial charge in [0.05, 0.1) is 18.2 Å². The molecule has 0 aromatic heterocycles. The fraction of sp³-hybridized carbons (Fsp3) is 0.436. The average molecular weight is 659 g/mol. The molecular formula is C39H43BN4O5. The Labute approximate surface area is 288 Å². The molecule has 3 aromatic carbocycles. The molecule has 4 aliphatic rings. The monoisotopic (exact) mass is 658 g/mol. The zero-order chi connectivity index (χ0) is 33.7. The highest BCUT2D eigenvalue weighted by molar-refractivity contribution is 6.48. The molecule has 2 fully saturated rings. The SMILES string of the molecule is N#Cc1ccc(Oc2ccc3c(c2)COB3)c(CCCCCCCN2CCC(c3cccc4c3CN(C3CCC(=O)NC3=O)C4=O)CC2)c1. The van der Waals surface area contributed by atoms with Crippen molar-refractivity contribution in [2.75, 3.05) is 19.6 Å². The number of rotatable bonds is 12. The summed E-state index contributed by atoms with van der Waals surface area (Å²) in [5.41, 5.74) is 7.15. The maximum absolute atomic E-state index is 13.3. The third-order valence-corrected chi connectivity index (χ3v) is 10.7. The van der Waals surface area contributed by atoms with E-state index in [1.165, 1.54) is 35.9 Å². The molecule has 4 aliphatic heterocycles. The molecule has 1 N–H and O–H groups in total. The minimum Gasteiger partial charge on any atom is -0.457 e. The van der Waals surface area contributed by atoms with Crippen molar-refractivity contribution in [1.82, 2.24) is 15.1 Å². The molecule has 3 aromatic rings. The van der Waals surface area contributed by atoms with Gasteiger partial charge in [-0.1, -0.05) is 37.5 Å². The lowest BCUT2D eigenvalue weighted by molar-refractivity contribution is -0.136. The number of fused-ring (bicyclic) bond motifs is 2. The van der Waals surface area contributed by atoms with Gasteiger partial charge in [-0.25, -0.2) is 0 Å². The normalized spacial score (nSPS) is 19.3. The van der Waals surface area contributed by atoms with Crippen molar-refractivity contribution in [2.45, 2.75) is 89.3 Å². The van der Waals surface area contributed by atoms with E-state index in [1.807, 2.05) is 36.4 Å². The second kappa shape index (κ2) is 15.0. The summed E-state index contributed by atoms with van der Waals surface area (Å²) < 4.78 is 11.8. The quantitative estimate of drug-likeness (QED) is 0.166. The molecule has 0 spiro atoms. The zero-order valence-electron chi connectivity index (χ0n) is 28.0. The number of imide groups is 1. The Morgan fingerprint density at radius 3 is 2.63 bits per heavy atom. The molecule has 3 amide bonds. The maximum Gasteiger partial charge on any atom is 0.309 e. The number of carbonyl (C=O) groups is 3. The predicted molar refractivity (Wildman–Crippen MR) is 187 cm³/mol. The van der Waals surface area contributed by atoms with E-state index in [1.54, 1.807) is 4.90 Å². The van der Waals surface area contributed by atoms with E-state index in [4.69, 9.17) is 9.39 Å². The molecule has 0 radical (unpaired) electrons. The van der Waals surface area contributed by atoms with E-state index in [2.05, 4.69) is 34.5 Å². The molecule has 10 heteroatoms. The first kappa shape index (κ1) is 33.1. The smallest absolute Gasteiger partial charge is 0.309 e. The Morgan fingerprint density at radius 2 is 1.80 bits per heavy atom. The lowest BCUT2D eigenvalue weighted by Gasteiger charge is -2.33. The summed E-state index contributed by atoms with van der Waals surface area (Å²) >= 11 is 0. The highest BCUT2D eigenvalue weighted by Crippen LogP contribution is 2.37. The maximum atomic E-state index is 13.3. The number of benzene rings is 3. The molecule has 49 heavy (non-hydrogen) atoms. The number of nitrogens with zero attached hydrogens (tertiary/aromatic N) is 3. The van der Waals surface area contributed by atoms with E-state index >= 15 is 0 Å². The van der Waals surface area contributed by atoms with Gasteiger partial charge in [0.25, 0.3) is 5.91 Å². The summed E-state index contributed by atoms with van der Waals surface area (Å²) in [4.78, 5) is 41.6. The predicted octanol–water partition coefficient (Wildman–Crippen LogP) is 4.99. The summed E-state index contributed by atoms with van der Waals surface area (Å²) in [7, 11) is 0.659. The van der Waals surface area contributed by atoms with Crippen molar-refractivity contribution < 1.29 is 23.8 Å². The lowest BCUT2D eigenvalue weighted by atomic mass is 9.85. The Morgan fingerprint density at radius 1 is 0.959 bits per heavy atom. The van der Waals surface area contributed by atoms with E-state index < -0.39 is 6.04 Å². The van der Waals surface area contributed by atoms with Crippen molar-refractivity contribution in [3.8, 4) is 17.6 Å². The molecule has 1 atom stereocenters. The third kappa shape index (κ3) is 7.43. The molecule has 0 aliphatic carbocycles. The molecule has 1 unspecified atom stereocenters. The first-order chi connectivity index (χ1) is 24.0. The second-order valence-corrected chi connectivity index (χ2v) is 13.9. The number of nitriles is 1. The van der Waals surface area contributed by atoms with Crippen molar-refractivity contribution in [2.24, 2.45) is 0 Å². The van der Waals surface area contributed by atoms with Crippen LogP contribution in [0.3, 0.4) is 0 Å². The molecule has 0 bridgehead atoms. The lowest BCUT2D eigenvalue weighted by Crippen LogP contribution is -2.52. The average Bonchev–Trinajstić information content (AvgIpc) is 3.72. The highest BCUT2D eigenvalue weighted by atomic mass is 16.5. The number of likely N-dealkylation sites (tertiary alicyclic amines) is 1. The van der Waals surface area contributed by atoms with E-state index in [9.17, 15) is 19.6 Å². The van der Waals surface area contributed by atoms with Gasteiger partial charge in [0, 0.05) is 18.5 Å². The van der Waals surface area contributed by atoms with Gasteiger partial charge in [-0.15, -0.1) is 0 Å². The Kier molecular flexibility index (Phi) is 10.1. The van der Waals surface area contributed by atoms with Crippen LogP contribution in [0.25, 0.3) is 0 Å². The third-order valence-electron chi connectivity index (χ3n) is 10.7. The van der Waals surface area contributed by atoms with Crippen molar-refractivity contribution in [3.05, 3.63) is 88.0 Å². The van der Waals surface area contributed by atoms with E-state index in [0.29, 0.717) is 44.1 Å². The molecule has 2 saturated heterocycles. The molecule has 4 heterocycles. The van der Waals surface area contributed by atoms with Crippen LogP contribution in [0.4, 0.5) is 0 Å². The van der Waals surface area contributed by atoms with E-state index in [0.717, 1.165) is 74.4 Å². The van der Waals surface area contributed by atoms with Crippen molar-refractivity contribution in [1.29, 1.82) is 5.26 Å². The number of hydrogen-bond acceptors (Lipinski definition) is 7. The van der Waals surface area contributed by atoms with Crippen molar-refractivity contribution >= 4 is 30.7 Å². The summed E-state index contributed by atoms with van der Waals surface area (Å²) in [5.74, 6) is 1.31. The minimum absolute atomic E-state index is 0.0982. The minimum atomic E-state index is -0.579. The molecular weight excluding hydrogens is 615 g/mol. The van der Waals surface area contributed by atoms with Gasteiger partial charge in [0.1, 0.15) is 17.5 Å². The van der Waals surface area contributed by atoms with Gasteiger partial charge < -0.3 is 19.2 Å². The van der Waals surface area contributed by atoms with Gasteiger partial charge in [0.15, 0.2) is 0 Å². The number of unbranched alkanes of at least 4 members (excludes halogenated alkanes) is 4. The van der Waals surface area contributed by atoms with Gasteiger partial charge in [0.2, 0.25) is 11.8 Å². The number of amides is 3. The molecule has 252 valence electrons. The summed E-state index contributed by atoms with van der Waals surface area (Å²) in [6.45, 7) is 4.27. The largest absolute Gasteiger partial charge is 0.457 e. The van der Waals surface area contributed by atoms with Gasteiger partial charge in [-0.3, -0.25) is 19.7 Å². The second-order valence-electron chi connectivity index (χ2n) is 13.9. The van der Waals surface area contributed by atoms with Crippen molar-refractivity contribution in [3.63, 3.8) is 0 Å². The number of aryl methyl sites for hydroxylation is 1. The van der Waals surface area contributed by atoms with Crippen LogP contribution < -0.4 is 15.5 Å². The van der Waals surface area contributed by atoms with Crippen LogP contribution in [-0.4, -0.2) is 60.7 Å². The fourth-order valence-corrected chi connectivity index (χ4v) is 7.92. The first-order valence-corrected chi connectivity index (χ1v) is 17.9. The van der Waals surface area contributed by atoms with E-state index in [-0.39, 0.29) is 24.1 Å². The topological polar surface area (TPSA) is 112 Å². The van der Waals surface area contributed by atoms with Crippen LogP contribution in [-0.2, 0) is 33.8 Å². The Bertz CT molecular complexity index is 1780. The molecule has 0 saturated carbocycles. The van der Waals surface area contributed by atoms with Gasteiger partial charge in [-0.2, -0.15) is 5.26 Å². The summed E-state index contributed by atoms with van der Waals surface area (Å²) in [6, 6.07) is 19.5. The van der Waals surface area contributed by atoms with Gasteiger partial charge >= 0.3 is 7.48 Å². The van der Waals surface area contributed by atoms with Crippen LogP contribution in [0.1, 0.15) is 102 Å². The zero-order valence-corrected chi connectivity index (χ0v) is 28.0. The standard InChI is InChI=1S/C39H43BN4O5/c41-23-26-10-14-36(49-30-11-12-34-29(22-30)25-48-40-34)28(21-26)7-4-2-1-3-5-18-43-19-16-27(17-20-43)31-8-6-9-32-33(31)24-44(39(32)47)35-13-15-37(45)42-38(35)46/h6,8-12,14,21-22,27,35,40H,1-5,7,13,15-20,24-25H2,(H,42,45,46). The Balaban J connectivity index is 0.836. The highest BCUT2D eigenvalue weighted by Gasteiger charge is 2.40. The van der Waals surface area contributed by atoms with Crippen LogP contribution in [0.5, 0.6) is 11.5 Å². The fourth-order valence-electron chi connectivity index (χ4n) is 7.92. The van der Waals surface area contributed by atoms with Crippen LogP contribution in [0.2, 0.25) is 0 Å². The molecule has 7 rings (SSSR count). The Hall–Kier alpha value is -4.46. The number of piperidine rings is 2. The number of hydrogen-bond donors (Lipinski definition) is 1. The number of nitrogens with one attached hydrogen (secondary N) is 1. The van der Waals surface area contributed by atoms with Crippen LogP contribution in [0, 0.1) is 11.3 Å². The summed E-state index contributed by atoms with van der Waals surface area (Å²) in [5, 5.41) is 11.9. The van der Waals surface area contributed by atoms with Crippen LogP contribution >= 0.6 is 0 Å². The van der Waals surface area contributed by atoms with Crippen LogP contribution in [0.15, 0.2) is 54.6 Å². The number of carbonyl (C=O) groups excluding carboxylic acids is 3. The molecule has 9 nitrogen and oxygen atoms in total. The number of ether oxygens (including phenoxy) is 1. The summed E-state index contributed by atoms with van der Waals surface area (Å²) in [6.07, 6.45) is 9.42.